The summed E-state index contributed by atoms with van der Waals surface area (Å²) < 4.78 is 11.3. The fourth-order valence-electron chi connectivity index (χ4n) is 3.02. The molecule has 6 nitrogen and oxygen atoms in total. The molecule has 1 N–H and O–H groups in total. The van der Waals surface area contributed by atoms with Crippen LogP contribution in [0.5, 0.6) is 0 Å². The van der Waals surface area contributed by atoms with Gasteiger partial charge in [0.2, 0.25) is 11.7 Å². The molecule has 0 amide bonds. The second-order valence-electron chi connectivity index (χ2n) is 7.09. The first-order chi connectivity index (χ1) is 10.0. The van der Waals surface area contributed by atoms with E-state index in [0.29, 0.717) is 17.8 Å². The van der Waals surface area contributed by atoms with Crippen molar-refractivity contribution < 1.29 is 9.26 Å². The number of morpholine rings is 1. The van der Waals surface area contributed by atoms with Gasteiger partial charge in [0.25, 0.3) is 0 Å². The van der Waals surface area contributed by atoms with Gasteiger partial charge in [-0.2, -0.15) is 4.98 Å². The molecular formula is C15H26N4O2. The summed E-state index contributed by atoms with van der Waals surface area (Å²) in [6.45, 7) is 10.1. The van der Waals surface area contributed by atoms with Gasteiger partial charge in [-0.15, -0.1) is 0 Å². The van der Waals surface area contributed by atoms with Gasteiger partial charge in [0.05, 0.1) is 6.61 Å². The van der Waals surface area contributed by atoms with Gasteiger partial charge in [-0.05, 0) is 40.2 Å². The first-order valence-corrected chi connectivity index (χ1v) is 7.94. The van der Waals surface area contributed by atoms with E-state index >= 15 is 0 Å². The van der Waals surface area contributed by atoms with Gasteiger partial charge in [0.1, 0.15) is 6.10 Å². The number of nitrogens with one attached hydrogen (secondary N) is 1. The van der Waals surface area contributed by atoms with E-state index < -0.39 is 0 Å². The first-order valence-electron chi connectivity index (χ1n) is 7.94. The minimum absolute atomic E-state index is 0.0348. The van der Waals surface area contributed by atoms with Gasteiger partial charge in [-0.25, -0.2) is 0 Å². The third kappa shape index (κ3) is 3.81. The second kappa shape index (κ2) is 6.02. The van der Waals surface area contributed by atoms with Gasteiger partial charge in [0.15, 0.2) is 0 Å². The highest BCUT2D eigenvalue weighted by Gasteiger charge is 2.34. The minimum Gasteiger partial charge on any atom is -0.367 e. The van der Waals surface area contributed by atoms with Crippen LogP contribution in [0.1, 0.15) is 51.4 Å². The highest BCUT2D eigenvalue weighted by atomic mass is 16.5. The van der Waals surface area contributed by atoms with Crippen LogP contribution in [0.4, 0.5) is 0 Å². The van der Waals surface area contributed by atoms with Crippen molar-refractivity contribution >= 4 is 0 Å². The molecule has 0 aliphatic carbocycles. The highest BCUT2D eigenvalue weighted by molar-refractivity contribution is 4.97. The standard InChI is InChI=1S/C15H26N4O2/c1-15(2,3)16-7-6-13-17-14(18-21-13)12-9-19-8-4-5-11(19)10-20-12/h11-12,16H,4-10H2,1-3H3. The molecule has 0 bridgehead atoms. The molecule has 0 aromatic carbocycles. The Kier molecular flexibility index (Phi) is 4.28. The summed E-state index contributed by atoms with van der Waals surface area (Å²) in [7, 11) is 0. The van der Waals surface area contributed by atoms with Crippen molar-refractivity contribution in [2.45, 2.75) is 57.7 Å². The SMILES string of the molecule is CC(C)(C)NCCc1nc(C2CN3CCCC3CO2)no1. The number of ether oxygens (including phenoxy) is 1. The van der Waals surface area contributed by atoms with E-state index in [2.05, 4.69) is 41.1 Å². The Morgan fingerprint density at radius 3 is 3.05 bits per heavy atom. The van der Waals surface area contributed by atoms with Gasteiger partial charge >= 0.3 is 0 Å². The van der Waals surface area contributed by atoms with Gasteiger partial charge in [-0.3, -0.25) is 4.90 Å². The summed E-state index contributed by atoms with van der Waals surface area (Å²) in [4.78, 5) is 6.99. The van der Waals surface area contributed by atoms with Crippen molar-refractivity contribution in [1.82, 2.24) is 20.4 Å². The second-order valence-corrected chi connectivity index (χ2v) is 7.09. The molecule has 2 saturated heterocycles. The Balaban J connectivity index is 1.53. The van der Waals surface area contributed by atoms with Crippen LogP contribution in [0, 0.1) is 0 Å². The number of hydrogen-bond donors (Lipinski definition) is 1. The quantitative estimate of drug-likeness (QED) is 0.909. The molecule has 3 heterocycles. The number of rotatable bonds is 4. The van der Waals surface area contributed by atoms with Crippen molar-refractivity contribution in [3.05, 3.63) is 11.7 Å². The Hall–Kier alpha value is -0.980. The maximum Gasteiger partial charge on any atom is 0.228 e. The highest BCUT2D eigenvalue weighted by Crippen LogP contribution is 2.28. The lowest BCUT2D eigenvalue weighted by Gasteiger charge is -2.33. The number of fused-ring (bicyclic) bond motifs is 1. The summed E-state index contributed by atoms with van der Waals surface area (Å²) in [6, 6.07) is 0.601. The number of aromatic nitrogens is 2. The smallest absolute Gasteiger partial charge is 0.228 e. The molecule has 6 heteroatoms. The molecule has 21 heavy (non-hydrogen) atoms. The van der Waals surface area contributed by atoms with Crippen LogP contribution in [-0.4, -0.2) is 52.9 Å². The third-order valence-corrected chi connectivity index (χ3v) is 4.16. The Bertz CT molecular complexity index is 468. The Morgan fingerprint density at radius 2 is 2.24 bits per heavy atom. The van der Waals surface area contributed by atoms with Crippen molar-refractivity contribution in [1.29, 1.82) is 0 Å². The summed E-state index contributed by atoms with van der Waals surface area (Å²) in [6.07, 6.45) is 3.25. The van der Waals surface area contributed by atoms with Gasteiger partial charge < -0.3 is 14.6 Å². The van der Waals surface area contributed by atoms with E-state index in [-0.39, 0.29) is 11.6 Å². The molecule has 0 spiro atoms. The van der Waals surface area contributed by atoms with Crippen molar-refractivity contribution in [2.75, 3.05) is 26.2 Å². The van der Waals surface area contributed by atoms with Crippen LogP contribution in [-0.2, 0) is 11.2 Å². The molecule has 2 aliphatic rings. The summed E-state index contributed by atoms with van der Waals surface area (Å²) >= 11 is 0. The largest absolute Gasteiger partial charge is 0.367 e. The summed E-state index contributed by atoms with van der Waals surface area (Å²) in [5.74, 6) is 1.39. The third-order valence-electron chi connectivity index (χ3n) is 4.16. The predicted molar refractivity (Wildman–Crippen MR) is 79.0 cm³/mol. The summed E-state index contributed by atoms with van der Waals surface area (Å²) in [5, 5.41) is 7.53. The van der Waals surface area contributed by atoms with E-state index in [0.717, 1.165) is 26.1 Å². The molecule has 2 unspecified atom stereocenters. The van der Waals surface area contributed by atoms with Crippen LogP contribution in [0.25, 0.3) is 0 Å². The number of hydrogen-bond acceptors (Lipinski definition) is 6. The first kappa shape index (κ1) is 14.9. The van der Waals surface area contributed by atoms with Gasteiger partial charge in [0, 0.05) is 31.1 Å². The fraction of sp³-hybridized carbons (Fsp3) is 0.867. The number of nitrogens with zero attached hydrogens (tertiary/aromatic N) is 3. The molecule has 2 atom stereocenters. The van der Waals surface area contributed by atoms with E-state index in [9.17, 15) is 0 Å². The molecule has 0 saturated carbocycles. The molecule has 1 aromatic heterocycles. The van der Waals surface area contributed by atoms with Crippen LogP contribution >= 0.6 is 0 Å². The van der Waals surface area contributed by atoms with Crippen molar-refractivity contribution in [2.24, 2.45) is 0 Å². The molecule has 0 radical (unpaired) electrons. The molecule has 3 rings (SSSR count). The lowest BCUT2D eigenvalue weighted by Crippen LogP contribution is -2.42. The van der Waals surface area contributed by atoms with Crippen LogP contribution < -0.4 is 5.32 Å². The van der Waals surface area contributed by atoms with Crippen LogP contribution in [0.2, 0.25) is 0 Å². The molecule has 1 aromatic rings. The van der Waals surface area contributed by atoms with Crippen molar-refractivity contribution in [3.63, 3.8) is 0 Å². The molecule has 118 valence electrons. The van der Waals surface area contributed by atoms with E-state index in [1.165, 1.54) is 19.4 Å². The lowest BCUT2D eigenvalue weighted by atomic mass is 10.1. The molecule has 2 fully saturated rings. The average molecular weight is 294 g/mol. The zero-order chi connectivity index (χ0) is 14.9. The van der Waals surface area contributed by atoms with Crippen molar-refractivity contribution in [3.8, 4) is 0 Å². The Labute approximate surface area is 126 Å². The van der Waals surface area contributed by atoms with E-state index in [4.69, 9.17) is 9.26 Å². The maximum absolute atomic E-state index is 5.91. The normalized spacial score (nSPS) is 27.0. The average Bonchev–Trinajstić information content (AvgIpc) is 3.04. The van der Waals surface area contributed by atoms with Crippen LogP contribution in [0.3, 0.4) is 0 Å². The zero-order valence-electron chi connectivity index (χ0n) is 13.3. The summed E-state index contributed by atoms with van der Waals surface area (Å²) in [5.41, 5.74) is 0.111. The van der Waals surface area contributed by atoms with E-state index in [1.54, 1.807) is 0 Å². The van der Waals surface area contributed by atoms with Gasteiger partial charge in [-0.1, -0.05) is 5.16 Å². The topological polar surface area (TPSA) is 63.4 Å². The Morgan fingerprint density at radius 1 is 1.38 bits per heavy atom. The maximum atomic E-state index is 5.91. The fourth-order valence-corrected chi connectivity index (χ4v) is 3.02. The predicted octanol–water partition coefficient (Wildman–Crippen LogP) is 1.54. The minimum atomic E-state index is -0.0348. The lowest BCUT2D eigenvalue weighted by molar-refractivity contribution is -0.0548. The molecular weight excluding hydrogens is 268 g/mol. The van der Waals surface area contributed by atoms with Crippen LogP contribution in [0.15, 0.2) is 4.52 Å². The monoisotopic (exact) mass is 294 g/mol. The van der Waals surface area contributed by atoms with E-state index in [1.807, 2.05) is 0 Å². The molecule has 2 aliphatic heterocycles. The zero-order valence-corrected chi connectivity index (χ0v) is 13.3.